The molecule has 0 fully saturated rings. The largest absolute Gasteiger partial charge is 0.494 e. The monoisotopic (exact) mass is 503 g/mol. The van der Waals surface area contributed by atoms with Gasteiger partial charge in [-0.15, -0.1) is 0 Å². The summed E-state index contributed by atoms with van der Waals surface area (Å²) in [6.45, 7) is 6.10. The number of nitriles is 1. The van der Waals surface area contributed by atoms with Gasteiger partial charge in [-0.1, -0.05) is 35.4 Å². The van der Waals surface area contributed by atoms with Crippen LogP contribution in [0.2, 0.25) is 5.02 Å². The third-order valence-corrected chi connectivity index (χ3v) is 5.37. The average Bonchev–Trinajstić information content (AvgIpc) is 2.85. The first-order valence-corrected chi connectivity index (χ1v) is 11.6. The maximum atomic E-state index is 12.5. The smallest absolute Gasteiger partial charge is 0.266 e. The number of hydrogen-bond donors (Lipinski definition) is 2. The van der Waals surface area contributed by atoms with Crippen LogP contribution in [0.3, 0.4) is 0 Å². The minimum atomic E-state index is -0.554. The standard InChI is InChI=1S/C28H26ClN3O4/c1-4-35-23-9-7-22(8-10-23)31-28(34)21(16-30)14-20-6-12-26(24(29)15-20)36-17-27(33)32-25-11-5-18(2)13-19(25)3/h5-15H,4,17H2,1-3H3,(H,31,34)(H,32,33)/b21-14+. The van der Waals surface area contributed by atoms with Crippen LogP contribution < -0.4 is 20.1 Å². The molecule has 0 saturated heterocycles. The van der Waals surface area contributed by atoms with Crippen molar-refractivity contribution in [2.75, 3.05) is 23.8 Å². The molecule has 0 saturated carbocycles. The Kier molecular flexibility index (Phi) is 9.09. The molecule has 0 aromatic heterocycles. The van der Waals surface area contributed by atoms with E-state index < -0.39 is 5.91 Å². The van der Waals surface area contributed by atoms with Gasteiger partial charge in [0.05, 0.1) is 11.6 Å². The molecular formula is C28H26ClN3O4. The van der Waals surface area contributed by atoms with Gasteiger partial charge >= 0.3 is 0 Å². The van der Waals surface area contributed by atoms with Gasteiger partial charge in [0, 0.05) is 11.4 Å². The lowest BCUT2D eigenvalue weighted by molar-refractivity contribution is -0.118. The number of nitrogens with zero attached hydrogens (tertiary/aromatic N) is 1. The molecular weight excluding hydrogens is 478 g/mol. The Balaban J connectivity index is 1.61. The average molecular weight is 504 g/mol. The highest BCUT2D eigenvalue weighted by Gasteiger charge is 2.12. The van der Waals surface area contributed by atoms with Crippen molar-refractivity contribution in [1.29, 1.82) is 5.26 Å². The van der Waals surface area contributed by atoms with Crippen LogP contribution in [-0.2, 0) is 9.59 Å². The Morgan fingerprint density at radius 2 is 1.75 bits per heavy atom. The zero-order valence-electron chi connectivity index (χ0n) is 20.2. The molecule has 0 aliphatic heterocycles. The summed E-state index contributed by atoms with van der Waals surface area (Å²) < 4.78 is 10.9. The summed E-state index contributed by atoms with van der Waals surface area (Å²) in [7, 11) is 0. The van der Waals surface area contributed by atoms with Gasteiger partial charge < -0.3 is 20.1 Å². The predicted octanol–water partition coefficient (Wildman–Crippen LogP) is 5.92. The number of rotatable bonds is 9. The van der Waals surface area contributed by atoms with E-state index >= 15 is 0 Å². The van der Waals surface area contributed by atoms with Crippen molar-refractivity contribution in [3.8, 4) is 17.6 Å². The molecule has 0 atom stereocenters. The summed E-state index contributed by atoms with van der Waals surface area (Å²) in [4.78, 5) is 24.8. The van der Waals surface area contributed by atoms with E-state index in [9.17, 15) is 14.9 Å². The molecule has 0 spiro atoms. The summed E-state index contributed by atoms with van der Waals surface area (Å²) in [5.41, 5.74) is 3.75. The third-order valence-electron chi connectivity index (χ3n) is 5.07. The van der Waals surface area contributed by atoms with Crippen LogP contribution in [0.1, 0.15) is 23.6 Å². The van der Waals surface area contributed by atoms with E-state index in [1.54, 1.807) is 42.5 Å². The minimum absolute atomic E-state index is 0.0959. The second kappa shape index (κ2) is 12.4. The number of aryl methyl sites for hydroxylation is 2. The van der Waals surface area contributed by atoms with Crippen LogP contribution in [0.25, 0.3) is 6.08 Å². The summed E-state index contributed by atoms with van der Waals surface area (Å²) in [6.07, 6.45) is 1.42. The van der Waals surface area contributed by atoms with Gasteiger partial charge in [-0.25, -0.2) is 0 Å². The van der Waals surface area contributed by atoms with Crippen molar-refractivity contribution in [3.63, 3.8) is 0 Å². The number of nitrogens with one attached hydrogen (secondary N) is 2. The summed E-state index contributed by atoms with van der Waals surface area (Å²) in [5.74, 6) is 0.120. The fourth-order valence-corrected chi connectivity index (χ4v) is 3.57. The molecule has 0 unspecified atom stereocenters. The Labute approximate surface area is 215 Å². The lowest BCUT2D eigenvalue weighted by Gasteiger charge is -2.11. The minimum Gasteiger partial charge on any atom is -0.494 e. The second-order valence-electron chi connectivity index (χ2n) is 7.93. The summed E-state index contributed by atoms with van der Waals surface area (Å²) >= 11 is 6.31. The number of carbonyl (C=O) groups is 2. The van der Waals surface area contributed by atoms with Gasteiger partial charge in [-0.2, -0.15) is 5.26 Å². The van der Waals surface area contributed by atoms with E-state index in [4.69, 9.17) is 21.1 Å². The van der Waals surface area contributed by atoms with E-state index in [2.05, 4.69) is 10.6 Å². The number of carbonyl (C=O) groups excluding carboxylic acids is 2. The van der Waals surface area contributed by atoms with E-state index in [-0.39, 0.29) is 23.1 Å². The van der Waals surface area contributed by atoms with Crippen molar-refractivity contribution >= 4 is 40.9 Å². The highest BCUT2D eigenvalue weighted by atomic mass is 35.5. The fraction of sp³-hybridized carbons (Fsp3) is 0.179. The molecule has 0 bridgehead atoms. The fourth-order valence-electron chi connectivity index (χ4n) is 3.32. The first-order valence-electron chi connectivity index (χ1n) is 11.2. The van der Waals surface area contributed by atoms with Crippen LogP contribution in [0.5, 0.6) is 11.5 Å². The van der Waals surface area contributed by atoms with E-state index in [1.165, 1.54) is 6.08 Å². The molecule has 2 N–H and O–H groups in total. The highest BCUT2D eigenvalue weighted by molar-refractivity contribution is 6.32. The quantitative estimate of drug-likeness (QED) is 0.279. The molecule has 3 rings (SSSR count). The second-order valence-corrected chi connectivity index (χ2v) is 8.33. The van der Waals surface area contributed by atoms with Crippen LogP contribution in [-0.4, -0.2) is 25.0 Å². The van der Waals surface area contributed by atoms with Gasteiger partial charge in [-0.3, -0.25) is 9.59 Å². The maximum absolute atomic E-state index is 12.5. The van der Waals surface area contributed by atoms with Crippen LogP contribution in [0.4, 0.5) is 11.4 Å². The van der Waals surface area contributed by atoms with Crippen LogP contribution in [0.15, 0.2) is 66.2 Å². The number of anilines is 2. The lowest BCUT2D eigenvalue weighted by atomic mass is 10.1. The number of benzene rings is 3. The maximum Gasteiger partial charge on any atom is 0.266 e. The van der Waals surface area contributed by atoms with Crippen molar-refractivity contribution < 1.29 is 19.1 Å². The Morgan fingerprint density at radius 1 is 1.00 bits per heavy atom. The van der Waals surface area contributed by atoms with Crippen molar-refractivity contribution in [3.05, 3.63) is 87.9 Å². The van der Waals surface area contributed by atoms with Crippen molar-refractivity contribution in [1.82, 2.24) is 0 Å². The molecule has 184 valence electrons. The Hall–Kier alpha value is -4.28. The number of amides is 2. The van der Waals surface area contributed by atoms with Crippen LogP contribution >= 0.6 is 11.6 Å². The van der Waals surface area contributed by atoms with E-state index in [0.717, 1.165) is 11.1 Å². The first kappa shape index (κ1) is 26.3. The molecule has 0 radical (unpaired) electrons. The van der Waals surface area contributed by atoms with Gasteiger partial charge in [0.1, 0.15) is 23.1 Å². The molecule has 0 heterocycles. The van der Waals surface area contributed by atoms with Gasteiger partial charge in [0.15, 0.2) is 6.61 Å². The zero-order chi connectivity index (χ0) is 26.1. The topological polar surface area (TPSA) is 100 Å². The van der Waals surface area contributed by atoms with Crippen molar-refractivity contribution in [2.24, 2.45) is 0 Å². The molecule has 7 nitrogen and oxygen atoms in total. The Bertz CT molecular complexity index is 1330. The van der Waals surface area contributed by atoms with Gasteiger partial charge in [0.25, 0.3) is 11.8 Å². The zero-order valence-corrected chi connectivity index (χ0v) is 21.0. The molecule has 0 aliphatic rings. The highest BCUT2D eigenvalue weighted by Crippen LogP contribution is 2.27. The normalized spacial score (nSPS) is 10.8. The number of halogens is 1. The molecule has 0 aliphatic carbocycles. The molecule has 36 heavy (non-hydrogen) atoms. The molecule has 8 heteroatoms. The summed E-state index contributed by atoms with van der Waals surface area (Å²) in [5, 5.41) is 15.2. The van der Waals surface area contributed by atoms with E-state index in [0.29, 0.717) is 35.0 Å². The van der Waals surface area contributed by atoms with Gasteiger partial charge in [0.2, 0.25) is 0 Å². The SMILES string of the molecule is CCOc1ccc(NC(=O)/C(C#N)=C/c2ccc(OCC(=O)Nc3ccc(C)cc3C)c(Cl)c2)cc1. The third kappa shape index (κ3) is 7.36. The predicted molar refractivity (Wildman–Crippen MR) is 141 cm³/mol. The number of hydrogen-bond acceptors (Lipinski definition) is 5. The lowest BCUT2D eigenvalue weighted by Crippen LogP contribution is -2.20. The first-order chi connectivity index (χ1) is 17.3. The van der Waals surface area contributed by atoms with E-state index in [1.807, 2.05) is 45.0 Å². The summed E-state index contributed by atoms with van der Waals surface area (Å²) in [6, 6.07) is 19.3. The van der Waals surface area contributed by atoms with Crippen molar-refractivity contribution in [2.45, 2.75) is 20.8 Å². The molecule has 3 aromatic carbocycles. The van der Waals surface area contributed by atoms with Crippen LogP contribution in [0, 0.1) is 25.2 Å². The molecule has 2 amide bonds. The van der Waals surface area contributed by atoms with Gasteiger partial charge in [-0.05, 0) is 80.4 Å². The Morgan fingerprint density at radius 3 is 2.39 bits per heavy atom. The molecule has 3 aromatic rings. The number of ether oxygens (including phenoxy) is 2.